The molecule has 0 unspecified atom stereocenters. The van der Waals surface area contributed by atoms with Crippen LogP contribution in [0.25, 0.3) is 0 Å². The Morgan fingerprint density at radius 1 is 0.278 bits per heavy atom. The van der Waals surface area contributed by atoms with E-state index in [1.54, 1.807) is 0 Å². The first-order valence-corrected chi connectivity index (χ1v) is 6.32. The number of hydrogen-bond donors (Lipinski definition) is 0. The Bertz CT molecular complexity index is 379. The normalized spacial score (nSPS) is 16.9. The molecule has 0 atom stereocenters. The summed E-state index contributed by atoms with van der Waals surface area (Å²) in [6.07, 6.45) is 35.0. The van der Waals surface area contributed by atoms with Crippen molar-refractivity contribution in [2.45, 2.75) is 12.8 Å². The van der Waals surface area contributed by atoms with E-state index >= 15 is 0 Å². The Balaban J connectivity index is 2.58. The first-order chi connectivity index (χ1) is 9.00. The van der Waals surface area contributed by atoms with Crippen LogP contribution in [0, 0.1) is 0 Å². The molecule has 0 aromatic heterocycles. The molecule has 1 aliphatic rings. The van der Waals surface area contributed by atoms with Gasteiger partial charge in [-0.1, -0.05) is 97.2 Å². The van der Waals surface area contributed by atoms with Crippen LogP contribution in [0.1, 0.15) is 12.8 Å². The van der Waals surface area contributed by atoms with Crippen molar-refractivity contribution in [3.63, 3.8) is 0 Å². The third kappa shape index (κ3) is 9.17. The Kier molecular flexibility index (Phi) is 8.86. The van der Waals surface area contributed by atoms with Crippen LogP contribution in [0.5, 0.6) is 0 Å². The van der Waals surface area contributed by atoms with Gasteiger partial charge < -0.3 is 0 Å². The minimum absolute atomic E-state index is 1.08. The molecule has 0 aromatic rings. The van der Waals surface area contributed by atoms with Crippen LogP contribution in [0.4, 0.5) is 0 Å². The lowest BCUT2D eigenvalue weighted by atomic mass is 10.2. The highest BCUT2D eigenvalue weighted by molar-refractivity contribution is 5.21. The van der Waals surface area contributed by atoms with E-state index in [4.69, 9.17) is 0 Å². The van der Waals surface area contributed by atoms with Crippen molar-refractivity contribution in [1.82, 2.24) is 0 Å². The van der Waals surface area contributed by atoms with Gasteiger partial charge in [0.05, 0.1) is 0 Å². The zero-order chi connectivity index (χ0) is 12.7. The van der Waals surface area contributed by atoms with Crippen LogP contribution in [0.3, 0.4) is 0 Å². The lowest BCUT2D eigenvalue weighted by Gasteiger charge is -1.84. The fourth-order valence-electron chi connectivity index (χ4n) is 1.31. The van der Waals surface area contributed by atoms with Crippen molar-refractivity contribution in [1.29, 1.82) is 0 Å². The molecule has 0 bridgehead atoms. The van der Waals surface area contributed by atoms with Gasteiger partial charge in [0.1, 0.15) is 0 Å². The molecule has 0 saturated heterocycles. The van der Waals surface area contributed by atoms with E-state index in [9.17, 15) is 0 Å². The molecular formula is C18H20. The first kappa shape index (κ1) is 14.0. The van der Waals surface area contributed by atoms with Crippen molar-refractivity contribution >= 4 is 0 Å². The molecular weight excluding hydrogens is 216 g/mol. The van der Waals surface area contributed by atoms with Crippen molar-refractivity contribution in [2.24, 2.45) is 0 Å². The second-order valence-corrected chi connectivity index (χ2v) is 3.74. The zero-order valence-electron chi connectivity index (χ0n) is 10.7. The molecule has 0 aromatic carbocycles. The summed E-state index contributed by atoms with van der Waals surface area (Å²) in [5, 5.41) is 0. The second-order valence-electron chi connectivity index (χ2n) is 3.74. The van der Waals surface area contributed by atoms with E-state index in [0.29, 0.717) is 0 Å². The van der Waals surface area contributed by atoms with Crippen LogP contribution in [-0.2, 0) is 0 Å². The number of allylic oxidation sites excluding steroid dienone is 16. The summed E-state index contributed by atoms with van der Waals surface area (Å²) in [7, 11) is 0. The number of hydrogen-bond acceptors (Lipinski definition) is 0. The molecule has 0 amide bonds. The Morgan fingerprint density at radius 3 is 0.778 bits per heavy atom. The van der Waals surface area contributed by atoms with E-state index in [0.717, 1.165) is 12.8 Å². The van der Waals surface area contributed by atoms with Crippen LogP contribution in [0.15, 0.2) is 97.2 Å². The Morgan fingerprint density at radius 2 is 0.500 bits per heavy atom. The summed E-state index contributed by atoms with van der Waals surface area (Å²) < 4.78 is 0. The molecule has 0 heterocycles. The topological polar surface area (TPSA) is 0 Å². The molecule has 0 fully saturated rings. The molecule has 0 aliphatic heterocycles. The van der Waals surface area contributed by atoms with Crippen LogP contribution in [0.2, 0.25) is 0 Å². The van der Waals surface area contributed by atoms with E-state index in [1.807, 2.05) is 60.8 Å². The molecule has 0 saturated carbocycles. The van der Waals surface area contributed by atoms with E-state index in [1.165, 1.54) is 0 Å². The first-order valence-electron chi connectivity index (χ1n) is 6.32. The molecule has 18 heavy (non-hydrogen) atoms. The van der Waals surface area contributed by atoms with Gasteiger partial charge in [0.15, 0.2) is 0 Å². The molecule has 1 rings (SSSR count). The van der Waals surface area contributed by atoms with Gasteiger partial charge in [0.2, 0.25) is 0 Å². The molecule has 0 radical (unpaired) electrons. The maximum absolute atomic E-state index is 2.18. The van der Waals surface area contributed by atoms with Crippen molar-refractivity contribution in [2.75, 3.05) is 0 Å². The lowest BCUT2D eigenvalue weighted by Crippen LogP contribution is -1.63. The summed E-state index contributed by atoms with van der Waals surface area (Å²) in [5.74, 6) is 0. The largest absolute Gasteiger partial charge is 0.0842 e. The third-order valence-electron chi connectivity index (χ3n) is 2.22. The summed E-state index contributed by atoms with van der Waals surface area (Å²) in [4.78, 5) is 0. The van der Waals surface area contributed by atoms with Crippen LogP contribution in [-0.4, -0.2) is 0 Å². The number of rotatable bonds is 0. The predicted molar refractivity (Wildman–Crippen MR) is 82.4 cm³/mol. The van der Waals surface area contributed by atoms with Gasteiger partial charge in [-0.05, 0) is 12.8 Å². The Hall–Kier alpha value is -2.08. The van der Waals surface area contributed by atoms with Crippen LogP contribution >= 0.6 is 0 Å². The van der Waals surface area contributed by atoms with Gasteiger partial charge in [-0.2, -0.15) is 0 Å². The minimum atomic E-state index is 1.08. The lowest BCUT2D eigenvalue weighted by molar-refractivity contribution is 1.05. The van der Waals surface area contributed by atoms with Crippen molar-refractivity contribution < 1.29 is 0 Å². The molecule has 92 valence electrons. The average Bonchev–Trinajstić information content (AvgIpc) is 2.39. The van der Waals surface area contributed by atoms with Gasteiger partial charge in [0.25, 0.3) is 0 Å². The Labute approximate surface area is 110 Å². The molecule has 0 spiro atoms. The molecule has 0 heteroatoms. The standard InChI is InChI=1S/C18H20/c1-2-4-6-8-10-12-14-16-18-17-15-13-11-9-7-5-3-1/h1-16H,17-18H2. The predicted octanol–water partition coefficient (Wildman–Crippen LogP) is 5.23. The molecule has 1 aliphatic carbocycles. The average molecular weight is 236 g/mol. The SMILES string of the molecule is C1=CC=CC=CC=CCCC=CC=CC=CC=C1. The van der Waals surface area contributed by atoms with E-state index < -0.39 is 0 Å². The van der Waals surface area contributed by atoms with Crippen molar-refractivity contribution in [3.8, 4) is 0 Å². The summed E-state index contributed by atoms with van der Waals surface area (Å²) in [6.45, 7) is 0. The third-order valence-corrected chi connectivity index (χ3v) is 2.22. The maximum Gasteiger partial charge on any atom is -0.0313 e. The highest BCUT2D eigenvalue weighted by Crippen LogP contribution is 1.94. The van der Waals surface area contributed by atoms with Crippen molar-refractivity contribution in [3.05, 3.63) is 97.2 Å². The summed E-state index contributed by atoms with van der Waals surface area (Å²) in [6, 6.07) is 0. The van der Waals surface area contributed by atoms with E-state index in [2.05, 4.69) is 36.5 Å². The highest BCUT2D eigenvalue weighted by atomic mass is 13.8. The smallest absolute Gasteiger partial charge is 0.0313 e. The maximum atomic E-state index is 2.18. The van der Waals surface area contributed by atoms with Gasteiger partial charge in [-0.15, -0.1) is 0 Å². The summed E-state index contributed by atoms with van der Waals surface area (Å²) >= 11 is 0. The minimum Gasteiger partial charge on any atom is -0.0842 e. The van der Waals surface area contributed by atoms with Gasteiger partial charge >= 0.3 is 0 Å². The quantitative estimate of drug-likeness (QED) is 0.540. The second kappa shape index (κ2) is 11.4. The van der Waals surface area contributed by atoms with E-state index in [-0.39, 0.29) is 0 Å². The monoisotopic (exact) mass is 236 g/mol. The molecule has 0 nitrogen and oxygen atoms in total. The summed E-state index contributed by atoms with van der Waals surface area (Å²) in [5.41, 5.74) is 0. The zero-order valence-corrected chi connectivity index (χ0v) is 10.7. The van der Waals surface area contributed by atoms with Gasteiger partial charge in [-0.3, -0.25) is 0 Å². The fourth-order valence-corrected chi connectivity index (χ4v) is 1.31. The highest BCUT2D eigenvalue weighted by Gasteiger charge is 1.74. The molecule has 0 N–H and O–H groups in total. The fraction of sp³-hybridized carbons (Fsp3) is 0.111. The van der Waals surface area contributed by atoms with Crippen LogP contribution < -0.4 is 0 Å². The van der Waals surface area contributed by atoms with Gasteiger partial charge in [-0.25, -0.2) is 0 Å². The van der Waals surface area contributed by atoms with Gasteiger partial charge in [0, 0.05) is 0 Å².